The van der Waals surface area contributed by atoms with E-state index in [0.717, 1.165) is 14.2 Å². The fraction of sp³-hybridized carbons (Fsp3) is 0.333. The Morgan fingerprint density at radius 3 is 2.40 bits per heavy atom. The molecule has 0 radical (unpaired) electrons. The van der Waals surface area contributed by atoms with Gasteiger partial charge in [-0.2, -0.15) is 0 Å². The van der Waals surface area contributed by atoms with E-state index in [1.54, 1.807) is 0 Å². The third kappa shape index (κ3) is 3.46. The number of aromatic nitrogens is 1. The molecule has 1 rings (SSSR count). The van der Waals surface area contributed by atoms with Gasteiger partial charge in [-0.3, -0.25) is 0 Å². The van der Waals surface area contributed by atoms with Crippen molar-refractivity contribution in [2.75, 3.05) is 14.2 Å². The lowest BCUT2D eigenvalue weighted by molar-refractivity contribution is -0.389. The average molecular weight is 296 g/mol. The topological polar surface area (TPSA) is 101 Å². The van der Waals surface area contributed by atoms with Crippen LogP contribution in [0.3, 0.4) is 0 Å². The van der Waals surface area contributed by atoms with E-state index < -0.39 is 40.3 Å². The van der Waals surface area contributed by atoms with Crippen molar-refractivity contribution in [2.45, 2.75) is 6.36 Å². The molecule has 0 saturated heterocycles. The highest BCUT2D eigenvalue weighted by molar-refractivity contribution is 5.91. The van der Waals surface area contributed by atoms with E-state index in [-0.39, 0.29) is 0 Å². The minimum absolute atomic E-state index is 0.591. The second-order valence-electron chi connectivity index (χ2n) is 3.16. The zero-order valence-electron chi connectivity index (χ0n) is 10.1. The summed E-state index contributed by atoms with van der Waals surface area (Å²) in [6.45, 7) is 0. The zero-order chi connectivity index (χ0) is 15.5. The Bertz CT molecular complexity index is 545. The van der Waals surface area contributed by atoms with E-state index in [4.69, 9.17) is 0 Å². The summed E-state index contributed by atoms with van der Waals surface area (Å²) in [4.78, 5) is 24.1. The first-order valence-corrected chi connectivity index (χ1v) is 4.77. The third-order valence-electron chi connectivity index (χ3n) is 1.93. The first-order chi connectivity index (χ1) is 9.19. The summed E-state index contributed by atoms with van der Waals surface area (Å²) >= 11 is 0. The maximum atomic E-state index is 12.3. The lowest BCUT2D eigenvalue weighted by Gasteiger charge is -2.12. The molecule has 110 valence electrons. The fourth-order valence-electron chi connectivity index (χ4n) is 1.19. The maximum absolute atomic E-state index is 12.3. The molecule has 20 heavy (non-hydrogen) atoms. The van der Waals surface area contributed by atoms with Crippen LogP contribution in [0.1, 0.15) is 10.5 Å². The lowest BCUT2D eigenvalue weighted by atomic mass is 10.3. The van der Waals surface area contributed by atoms with E-state index in [0.29, 0.717) is 6.07 Å². The Kier molecular flexibility index (Phi) is 4.32. The molecule has 0 N–H and O–H groups in total. The fourth-order valence-corrected chi connectivity index (χ4v) is 1.19. The molecule has 1 aromatic rings. The lowest BCUT2D eigenvalue weighted by Crippen LogP contribution is -2.21. The number of esters is 1. The number of nitrogens with zero attached hydrogens (tertiary/aromatic N) is 2. The summed E-state index contributed by atoms with van der Waals surface area (Å²) in [5.41, 5.74) is -1.02. The Morgan fingerprint density at radius 1 is 1.40 bits per heavy atom. The van der Waals surface area contributed by atoms with Crippen LogP contribution in [0.25, 0.3) is 0 Å². The highest BCUT2D eigenvalue weighted by atomic mass is 19.4. The molecule has 0 unspecified atom stereocenters. The van der Waals surface area contributed by atoms with Crippen LogP contribution in [-0.2, 0) is 4.74 Å². The molecule has 11 heteroatoms. The summed E-state index contributed by atoms with van der Waals surface area (Å²) in [6, 6.07) is 0.591. The normalized spacial score (nSPS) is 10.8. The smallest absolute Gasteiger partial charge is 0.492 e. The molecule has 0 atom stereocenters. The number of ether oxygens (including phenoxy) is 3. The van der Waals surface area contributed by atoms with E-state index >= 15 is 0 Å². The number of nitro groups is 1. The predicted molar refractivity (Wildman–Crippen MR) is 55.5 cm³/mol. The number of hydrogen-bond acceptors (Lipinski definition) is 7. The second kappa shape index (κ2) is 5.59. The van der Waals surface area contributed by atoms with Crippen LogP contribution in [0.4, 0.5) is 19.0 Å². The SMILES string of the molecule is COC(=O)c1nc([N+](=O)[O-])cc(OC)c1OC(F)(F)F. The Labute approximate surface area is 109 Å². The van der Waals surface area contributed by atoms with Crippen molar-refractivity contribution in [2.24, 2.45) is 0 Å². The molecule has 0 aliphatic heterocycles. The molecule has 0 saturated carbocycles. The number of hydrogen-bond donors (Lipinski definition) is 0. The molecule has 1 heterocycles. The largest absolute Gasteiger partial charge is 0.573 e. The van der Waals surface area contributed by atoms with Gasteiger partial charge in [0.25, 0.3) is 0 Å². The highest BCUT2D eigenvalue weighted by Crippen LogP contribution is 2.37. The van der Waals surface area contributed by atoms with Gasteiger partial charge in [-0.15, -0.1) is 13.2 Å². The molecule has 0 aliphatic carbocycles. The highest BCUT2D eigenvalue weighted by Gasteiger charge is 2.38. The van der Waals surface area contributed by atoms with Crippen LogP contribution in [0.15, 0.2) is 6.07 Å². The number of carbonyl (C=O) groups is 1. The number of methoxy groups -OCH3 is 2. The molecule has 1 aromatic heterocycles. The number of pyridine rings is 1. The van der Waals surface area contributed by atoms with Crippen molar-refractivity contribution >= 4 is 11.8 Å². The average Bonchev–Trinajstić information content (AvgIpc) is 2.35. The quantitative estimate of drug-likeness (QED) is 0.473. The van der Waals surface area contributed by atoms with E-state index in [2.05, 4.69) is 19.2 Å². The summed E-state index contributed by atoms with van der Waals surface area (Å²) in [6.07, 6.45) is -5.14. The van der Waals surface area contributed by atoms with Gasteiger partial charge in [-0.1, -0.05) is 0 Å². The van der Waals surface area contributed by atoms with Gasteiger partial charge in [0, 0.05) is 0 Å². The van der Waals surface area contributed by atoms with Gasteiger partial charge in [0.15, 0.2) is 5.75 Å². The summed E-state index contributed by atoms with van der Waals surface area (Å²) in [5.74, 6) is -4.02. The molecule has 0 fully saturated rings. The Hall–Kier alpha value is -2.59. The van der Waals surface area contributed by atoms with Crippen LogP contribution in [0.5, 0.6) is 11.5 Å². The van der Waals surface area contributed by atoms with Gasteiger partial charge in [0.2, 0.25) is 5.75 Å². The van der Waals surface area contributed by atoms with Gasteiger partial charge in [0.1, 0.15) is 0 Å². The molecule has 8 nitrogen and oxygen atoms in total. The van der Waals surface area contributed by atoms with Crippen LogP contribution in [0.2, 0.25) is 0 Å². The molecule has 0 aromatic carbocycles. The minimum atomic E-state index is -5.14. The monoisotopic (exact) mass is 296 g/mol. The van der Waals surface area contributed by atoms with Crippen LogP contribution < -0.4 is 9.47 Å². The van der Waals surface area contributed by atoms with Crippen LogP contribution >= 0.6 is 0 Å². The number of halogens is 3. The Balaban J connectivity index is 3.52. The number of carbonyl (C=O) groups excluding carboxylic acids is 1. The molecule has 0 bridgehead atoms. The van der Waals surface area contributed by atoms with Crippen molar-refractivity contribution in [3.63, 3.8) is 0 Å². The summed E-state index contributed by atoms with van der Waals surface area (Å²) in [7, 11) is 1.82. The van der Waals surface area contributed by atoms with Crippen molar-refractivity contribution in [1.29, 1.82) is 0 Å². The van der Waals surface area contributed by atoms with Crippen molar-refractivity contribution < 1.29 is 37.1 Å². The van der Waals surface area contributed by atoms with E-state index in [1.807, 2.05) is 0 Å². The van der Waals surface area contributed by atoms with Crippen molar-refractivity contribution in [3.8, 4) is 11.5 Å². The summed E-state index contributed by atoms with van der Waals surface area (Å²) < 4.78 is 49.2. The predicted octanol–water partition coefficient (Wildman–Crippen LogP) is 1.68. The molecular formula is C9H7F3N2O6. The van der Waals surface area contributed by atoms with E-state index in [1.165, 1.54) is 0 Å². The van der Waals surface area contributed by atoms with Gasteiger partial charge in [-0.05, 0) is 9.91 Å². The van der Waals surface area contributed by atoms with Gasteiger partial charge < -0.3 is 24.3 Å². The third-order valence-corrected chi connectivity index (χ3v) is 1.93. The van der Waals surface area contributed by atoms with Crippen molar-refractivity contribution in [1.82, 2.24) is 4.98 Å². The standard InChI is InChI=1S/C9H7F3N2O6/c1-18-4-3-5(14(16)17)13-6(8(15)19-2)7(4)20-9(10,11)12/h3H,1-2H3. The second-order valence-corrected chi connectivity index (χ2v) is 3.16. The molecule has 0 aliphatic rings. The Morgan fingerprint density at radius 2 is 2.00 bits per heavy atom. The molecule has 0 spiro atoms. The van der Waals surface area contributed by atoms with Gasteiger partial charge in [-0.25, -0.2) is 4.79 Å². The number of alkyl halides is 3. The van der Waals surface area contributed by atoms with E-state index in [9.17, 15) is 28.1 Å². The first kappa shape index (κ1) is 15.5. The van der Waals surface area contributed by atoms with Crippen LogP contribution in [-0.4, -0.2) is 36.5 Å². The first-order valence-electron chi connectivity index (χ1n) is 4.77. The van der Waals surface area contributed by atoms with Crippen molar-refractivity contribution in [3.05, 3.63) is 21.9 Å². The molecule has 0 amide bonds. The summed E-state index contributed by atoms with van der Waals surface area (Å²) in [5, 5.41) is 10.6. The zero-order valence-corrected chi connectivity index (χ0v) is 10.1. The van der Waals surface area contributed by atoms with Crippen LogP contribution in [0, 0.1) is 10.1 Å². The minimum Gasteiger partial charge on any atom is -0.492 e. The maximum Gasteiger partial charge on any atom is 0.573 e. The van der Waals surface area contributed by atoms with Gasteiger partial charge >= 0.3 is 23.8 Å². The molecular weight excluding hydrogens is 289 g/mol. The van der Waals surface area contributed by atoms with Gasteiger partial charge in [0.05, 0.1) is 20.3 Å². The number of rotatable bonds is 4.